The predicted octanol–water partition coefficient (Wildman–Crippen LogP) is 7.72. The standard InChI is InChI=1S/C39H36N6O4/c40-45-43-35-19-7-6-18-34(35)36-39(24-9-13-28-11-2-1-3-12-28,42-37(49-36)30-20-22-32(23-21-30)48-26-10-25-46)38(47)44-41-27-31-16-8-15-29-14-4-5-17-33(29)31/h1-9,11-23,36,41,46H,10,24-27H2,(H,44,47)/b13-9+/t36-,39-/m0/s1. The first-order valence-corrected chi connectivity index (χ1v) is 16.1. The molecule has 3 N–H and O–H groups in total. The summed E-state index contributed by atoms with van der Waals surface area (Å²) in [5.74, 6) is 0.485. The summed E-state index contributed by atoms with van der Waals surface area (Å²) < 4.78 is 12.3. The molecule has 5 aromatic rings. The molecule has 1 aliphatic rings. The third-order valence-corrected chi connectivity index (χ3v) is 8.30. The number of azide groups is 1. The minimum absolute atomic E-state index is 0.0428. The second-order valence-electron chi connectivity index (χ2n) is 11.5. The van der Waals surface area contributed by atoms with Crippen molar-refractivity contribution in [3.05, 3.63) is 160 Å². The largest absolute Gasteiger partial charge is 0.494 e. The molecule has 5 aromatic carbocycles. The maximum atomic E-state index is 14.6. The van der Waals surface area contributed by atoms with Gasteiger partial charge in [-0.05, 0) is 51.7 Å². The molecule has 6 rings (SSSR count). The Morgan fingerprint density at radius 2 is 1.71 bits per heavy atom. The molecule has 0 unspecified atom stereocenters. The van der Waals surface area contributed by atoms with Gasteiger partial charge < -0.3 is 14.6 Å². The van der Waals surface area contributed by atoms with Crippen LogP contribution < -0.4 is 15.6 Å². The molecule has 0 radical (unpaired) electrons. The summed E-state index contributed by atoms with van der Waals surface area (Å²) in [5, 5.41) is 15.2. The fourth-order valence-electron chi connectivity index (χ4n) is 5.85. The summed E-state index contributed by atoms with van der Waals surface area (Å²) >= 11 is 0. The van der Waals surface area contributed by atoms with E-state index in [1.165, 1.54) is 0 Å². The van der Waals surface area contributed by atoms with E-state index in [2.05, 4.69) is 39.1 Å². The first-order valence-electron chi connectivity index (χ1n) is 16.1. The van der Waals surface area contributed by atoms with Crippen LogP contribution in [0, 0.1) is 0 Å². The van der Waals surface area contributed by atoms with Gasteiger partial charge in [-0.1, -0.05) is 114 Å². The quantitative estimate of drug-likeness (QED) is 0.0370. The number of ether oxygens (including phenoxy) is 2. The Hall–Kier alpha value is -5.93. The molecule has 1 aliphatic heterocycles. The van der Waals surface area contributed by atoms with E-state index in [-0.39, 0.29) is 18.9 Å². The van der Waals surface area contributed by atoms with Crippen LogP contribution in [0.15, 0.2) is 138 Å². The number of hydrazine groups is 1. The number of aliphatic hydroxyl groups is 1. The maximum absolute atomic E-state index is 14.6. The number of hydrogen-bond donors (Lipinski definition) is 3. The molecule has 0 bridgehead atoms. The lowest BCUT2D eigenvalue weighted by Gasteiger charge is -2.30. The summed E-state index contributed by atoms with van der Waals surface area (Å²) in [6, 6.07) is 38.2. The van der Waals surface area contributed by atoms with Crippen molar-refractivity contribution in [2.24, 2.45) is 10.1 Å². The highest BCUT2D eigenvalue weighted by atomic mass is 16.5. The van der Waals surface area contributed by atoms with Crippen LogP contribution in [0.5, 0.6) is 5.75 Å². The van der Waals surface area contributed by atoms with Gasteiger partial charge in [0.15, 0.2) is 11.6 Å². The molecular weight excluding hydrogens is 616 g/mol. The average molecular weight is 653 g/mol. The van der Waals surface area contributed by atoms with Crippen molar-refractivity contribution in [2.75, 3.05) is 13.2 Å². The molecule has 0 spiro atoms. The molecule has 0 saturated heterocycles. The van der Waals surface area contributed by atoms with E-state index in [0.717, 1.165) is 21.9 Å². The number of rotatable bonds is 14. The topological polar surface area (TPSA) is 141 Å². The zero-order valence-corrected chi connectivity index (χ0v) is 26.8. The summed E-state index contributed by atoms with van der Waals surface area (Å²) in [6.07, 6.45) is 3.61. The van der Waals surface area contributed by atoms with E-state index in [1.807, 2.05) is 84.9 Å². The van der Waals surface area contributed by atoms with E-state index in [9.17, 15) is 10.3 Å². The molecule has 246 valence electrons. The number of nitrogens with one attached hydrogen (secondary N) is 2. The highest BCUT2D eigenvalue weighted by molar-refractivity contribution is 6.01. The van der Waals surface area contributed by atoms with Crippen molar-refractivity contribution in [3.8, 4) is 5.75 Å². The van der Waals surface area contributed by atoms with E-state index >= 15 is 0 Å². The molecule has 49 heavy (non-hydrogen) atoms. The molecule has 0 fully saturated rings. The minimum atomic E-state index is -1.50. The van der Waals surface area contributed by atoms with Crippen LogP contribution in [0.1, 0.15) is 41.2 Å². The molecule has 1 heterocycles. The Kier molecular flexibility index (Phi) is 10.6. The summed E-state index contributed by atoms with van der Waals surface area (Å²) in [6.45, 7) is 0.799. The van der Waals surface area contributed by atoms with Crippen molar-refractivity contribution in [1.82, 2.24) is 10.9 Å². The zero-order chi connectivity index (χ0) is 33.9. The van der Waals surface area contributed by atoms with Gasteiger partial charge in [0.1, 0.15) is 5.75 Å². The van der Waals surface area contributed by atoms with E-state index in [4.69, 9.17) is 19.6 Å². The number of fused-ring (bicyclic) bond motifs is 1. The molecule has 2 atom stereocenters. The Morgan fingerprint density at radius 1 is 0.959 bits per heavy atom. The van der Waals surface area contributed by atoms with Gasteiger partial charge in [0, 0.05) is 47.7 Å². The van der Waals surface area contributed by atoms with Gasteiger partial charge in [0.05, 0.1) is 6.61 Å². The van der Waals surface area contributed by atoms with Gasteiger partial charge in [-0.25, -0.2) is 10.4 Å². The fourth-order valence-corrected chi connectivity index (χ4v) is 5.85. The number of carbonyl (C=O) groups is 1. The Balaban J connectivity index is 1.37. The Bertz CT molecular complexity index is 2000. The van der Waals surface area contributed by atoms with Crippen LogP contribution in [0.4, 0.5) is 5.69 Å². The first-order chi connectivity index (χ1) is 24.1. The predicted molar refractivity (Wildman–Crippen MR) is 191 cm³/mol. The zero-order valence-electron chi connectivity index (χ0n) is 26.8. The van der Waals surface area contributed by atoms with Gasteiger partial charge in [-0.15, -0.1) is 0 Å². The molecule has 0 aliphatic carbocycles. The second kappa shape index (κ2) is 15.8. The minimum Gasteiger partial charge on any atom is -0.494 e. The first kappa shape index (κ1) is 33.0. The van der Waals surface area contributed by atoms with E-state index < -0.39 is 17.6 Å². The molecule has 0 saturated carbocycles. The third-order valence-electron chi connectivity index (χ3n) is 8.30. The molecule has 10 nitrogen and oxygen atoms in total. The Morgan fingerprint density at radius 3 is 2.53 bits per heavy atom. The number of amides is 1. The third kappa shape index (κ3) is 7.63. The normalized spacial score (nSPS) is 16.9. The van der Waals surface area contributed by atoms with Crippen molar-refractivity contribution < 1.29 is 19.4 Å². The number of benzene rings is 5. The highest BCUT2D eigenvalue weighted by Crippen LogP contribution is 2.45. The van der Waals surface area contributed by atoms with Gasteiger partial charge in [0.2, 0.25) is 5.90 Å². The number of carbonyl (C=O) groups excluding carboxylic acids is 1. The van der Waals surface area contributed by atoms with Crippen LogP contribution in [-0.2, 0) is 16.1 Å². The van der Waals surface area contributed by atoms with Gasteiger partial charge >= 0.3 is 0 Å². The smallest absolute Gasteiger partial charge is 0.266 e. The van der Waals surface area contributed by atoms with Crippen LogP contribution in [-0.4, -0.2) is 35.7 Å². The van der Waals surface area contributed by atoms with Crippen molar-refractivity contribution in [3.63, 3.8) is 0 Å². The van der Waals surface area contributed by atoms with E-state index in [0.29, 0.717) is 42.1 Å². The van der Waals surface area contributed by atoms with Gasteiger partial charge in [0.25, 0.3) is 5.91 Å². The number of aliphatic imine (C=N–C) groups is 1. The van der Waals surface area contributed by atoms with E-state index in [1.54, 1.807) is 30.3 Å². The monoisotopic (exact) mass is 652 g/mol. The van der Waals surface area contributed by atoms with Crippen LogP contribution in [0.2, 0.25) is 0 Å². The van der Waals surface area contributed by atoms with Gasteiger partial charge in [-0.3, -0.25) is 10.2 Å². The molecule has 1 amide bonds. The van der Waals surface area contributed by atoms with Crippen molar-refractivity contribution in [1.29, 1.82) is 0 Å². The fraction of sp³-hybridized carbons (Fsp3) is 0.179. The Labute approximate surface area is 284 Å². The van der Waals surface area contributed by atoms with Gasteiger partial charge in [-0.2, -0.15) is 0 Å². The number of hydrogen-bond acceptors (Lipinski definition) is 7. The van der Waals surface area contributed by atoms with Crippen LogP contribution in [0.25, 0.3) is 27.3 Å². The van der Waals surface area contributed by atoms with Crippen LogP contribution in [0.3, 0.4) is 0 Å². The number of nitrogens with zero attached hydrogens (tertiary/aromatic N) is 4. The lowest BCUT2D eigenvalue weighted by molar-refractivity contribution is -0.129. The summed E-state index contributed by atoms with van der Waals surface area (Å²) in [5.41, 5.74) is 17.5. The lowest BCUT2D eigenvalue weighted by atomic mass is 9.83. The molecular formula is C39H36N6O4. The summed E-state index contributed by atoms with van der Waals surface area (Å²) in [7, 11) is 0. The second-order valence-corrected chi connectivity index (χ2v) is 11.5. The van der Waals surface area contributed by atoms with Crippen molar-refractivity contribution >= 4 is 34.3 Å². The average Bonchev–Trinajstić information content (AvgIpc) is 3.53. The number of aliphatic hydroxyl groups excluding tert-OH is 1. The van der Waals surface area contributed by atoms with Crippen LogP contribution >= 0.6 is 0 Å². The highest BCUT2D eigenvalue weighted by Gasteiger charge is 2.53. The lowest BCUT2D eigenvalue weighted by Crippen LogP contribution is -2.52. The maximum Gasteiger partial charge on any atom is 0.266 e. The molecule has 0 aromatic heterocycles. The summed E-state index contributed by atoms with van der Waals surface area (Å²) in [4.78, 5) is 22.6. The van der Waals surface area contributed by atoms with Crippen molar-refractivity contribution in [2.45, 2.75) is 31.0 Å². The SMILES string of the molecule is [N-]=[N+]=Nc1ccccc1[C@@H]1OC(c2ccc(OCCCO)cc2)=N[C@]1(C/C=C/c1ccccc1)C(=O)NNCc1cccc2ccccc12. The molecule has 10 heteroatoms.